The van der Waals surface area contributed by atoms with Crippen molar-refractivity contribution >= 4 is 0 Å². The zero-order valence-corrected chi connectivity index (χ0v) is 9.86. The van der Waals surface area contributed by atoms with E-state index in [9.17, 15) is 0 Å². The first-order valence-corrected chi connectivity index (χ1v) is 4.99. The van der Waals surface area contributed by atoms with E-state index in [4.69, 9.17) is 9.57 Å². The molecule has 1 aromatic rings. The van der Waals surface area contributed by atoms with Gasteiger partial charge in [0.25, 0.3) is 0 Å². The Hall–Kier alpha value is -0.900. The average Bonchev–Trinajstić information content (AvgIpc) is 2.29. The highest BCUT2D eigenvalue weighted by Crippen LogP contribution is 2.20. The van der Waals surface area contributed by atoms with Crippen molar-refractivity contribution in [2.24, 2.45) is 0 Å². The molecule has 3 nitrogen and oxygen atoms in total. The first kappa shape index (κ1) is 12.2. The Labute approximate surface area is 91.6 Å². The van der Waals surface area contributed by atoms with Gasteiger partial charge in [0.1, 0.15) is 5.72 Å². The molecular formula is C12H19NO2. The molecule has 0 radical (unpaired) electrons. The number of benzene rings is 1. The van der Waals surface area contributed by atoms with Crippen molar-refractivity contribution in [2.45, 2.75) is 19.1 Å². The third kappa shape index (κ3) is 3.02. The molecular weight excluding hydrogens is 190 g/mol. The second-order valence-electron chi connectivity index (χ2n) is 3.72. The quantitative estimate of drug-likeness (QED) is 0.547. The molecule has 0 N–H and O–H groups in total. The van der Waals surface area contributed by atoms with Crippen LogP contribution in [-0.2, 0) is 16.0 Å². The lowest BCUT2D eigenvalue weighted by atomic mass is 10.0. The van der Waals surface area contributed by atoms with E-state index < -0.39 is 5.72 Å². The van der Waals surface area contributed by atoms with Crippen molar-refractivity contribution in [3.63, 3.8) is 0 Å². The Morgan fingerprint density at radius 1 is 1.20 bits per heavy atom. The fourth-order valence-electron chi connectivity index (χ4n) is 1.48. The number of likely N-dealkylation sites (N-methyl/N-ethyl adjacent to an activating group) is 1. The molecule has 0 aromatic heterocycles. The Balaban J connectivity index is 2.77. The van der Waals surface area contributed by atoms with Gasteiger partial charge in [-0.15, -0.1) is 0 Å². The maximum absolute atomic E-state index is 5.50. The second-order valence-corrected chi connectivity index (χ2v) is 3.72. The summed E-state index contributed by atoms with van der Waals surface area (Å²) in [5.74, 6) is 0. The summed E-state index contributed by atoms with van der Waals surface area (Å²) in [6.07, 6.45) is 0.786. The van der Waals surface area contributed by atoms with Gasteiger partial charge in [-0.2, -0.15) is 5.06 Å². The van der Waals surface area contributed by atoms with Crippen molar-refractivity contribution in [3.05, 3.63) is 35.9 Å². The molecule has 0 saturated heterocycles. The van der Waals surface area contributed by atoms with Crippen LogP contribution in [-0.4, -0.2) is 32.1 Å². The Morgan fingerprint density at radius 2 is 1.80 bits per heavy atom. The van der Waals surface area contributed by atoms with Crippen LogP contribution in [0.5, 0.6) is 0 Å². The highest BCUT2D eigenvalue weighted by atomic mass is 16.7. The minimum Gasteiger partial charge on any atom is -0.361 e. The Bertz CT molecular complexity index is 289. The van der Waals surface area contributed by atoms with Crippen molar-refractivity contribution in [1.29, 1.82) is 0 Å². The molecule has 0 aliphatic carbocycles. The van der Waals surface area contributed by atoms with E-state index in [0.717, 1.165) is 6.42 Å². The van der Waals surface area contributed by atoms with Crippen LogP contribution in [0.4, 0.5) is 0 Å². The summed E-state index contributed by atoms with van der Waals surface area (Å²) >= 11 is 0. The van der Waals surface area contributed by atoms with Crippen LogP contribution in [0.2, 0.25) is 0 Å². The van der Waals surface area contributed by atoms with E-state index >= 15 is 0 Å². The van der Waals surface area contributed by atoms with Gasteiger partial charge in [-0.1, -0.05) is 30.3 Å². The Kier molecular flexibility index (Phi) is 4.27. The van der Waals surface area contributed by atoms with Gasteiger partial charge in [-0.05, 0) is 12.5 Å². The van der Waals surface area contributed by atoms with Crippen LogP contribution >= 0.6 is 0 Å². The van der Waals surface area contributed by atoms with Gasteiger partial charge < -0.3 is 4.74 Å². The fraction of sp³-hybridized carbons (Fsp3) is 0.500. The maximum atomic E-state index is 5.50. The van der Waals surface area contributed by atoms with Crippen LogP contribution < -0.4 is 0 Å². The van der Waals surface area contributed by atoms with E-state index in [0.29, 0.717) is 0 Å². The smallest absolute Gasteiger partial charge is 0.144 e. The van der Waals surface area contributed by atoms with E-state index in [2.05, 4.69) is 12.1 Å². The molecule has 15 heavy (non-hydrogen) atoms. The van der Waals surface area contributed by atoms with Crippen LogP contribution in [0, 0.1) is 0 Å². The predicted molar refractivity (Wildman–Crippen MR) is 60.3 cm³/mol. The molecule has 0 spiro atoms. The highest BCUT2D eigenvalue weighted by Gasteiger charge is 2.29. The molecule has 1 unspecified atom stereocenters. The Morgan fingerprint density at radius 3 is 2.27 bits per heavy atom. The van der Waals surface area contributed by atoms with Crippen LogP contribution in [0.15, 0.2) is 30.3 Å². The van der Waals surface area contributed by atoms with Gasteiger partial charge in [0.15, 0.2) is 0 Å². The molecule has 84 valence electrons. The molecule has 0 aliphatic rings. The summed E-state index contributed by atoms with van der Waals surface area (Å²) in [7, 11) is 5.20. The van der Waals surface area contributed by atoms with Crippen LogP contribution in [0.25, 0.3) is 0 Å². The molecule has 1 atom stereocenters. The predicted octanol–water partition coefficient (Wildman–Crippen LogP) is 2.08. The molecule has 0 amide bonds. The van der Waals surface area contributed by atoms with Crippen molar-refractivity contribution in [1.82, 2.24) is 5.06 Å². The first-order valence-electron chi connectivity index (χ1n) is 4.99. The van der Waals surface area contributed by atoms with Gasteiger partial charge in [-0.3, -0.25) is 4.84 Å². The topological polar surface area (TPSA) is 21.7 Å². The maximum Gasteiger partial charge on any atom is 0.144 e. The molecule has 0 saturated carbocycles. The summed E-state index contributed by atoms with van der Waals surface area (Å²) in [4.78, 5) is 5.19. The van der Waals surface area contributed by atoms with E-state index in [1.165, 1.54) is 5.56 Å². The molecule has 1 rings (SSSR count). The number of methoxy groups -OCH3 is 1. The van der Waals surface area contributed by atoms with Gasteiger partial charge >= 0.3 is 0 Å². The zero-order valence-electron chi connectivity index (χ0n) is 9.86. The summed E-state index contributed by atoms with van der Waals surface area (Å²) in [6.45, 7) is 2.00. The third-order valence-corrected chi connectivity index (χ3v) is 2.75. The molecule has 1 aromatic carbocycles. The van der Waals surface area contributed by atoms with Crippen LogP contribution in [0.1, 0.15) is 12.5 Å². The van der Waals surface area contributed by atoms with Crippen molar-refractivity contribution < 1.29 is 9.57 Å². The number of hydrogen-bond donors (Lipinski definition) is 0. The highest BCUT2D eigenvalue weighted by molar-refractivity contribution is 5.16. The lowest BCUT2D eigenvalue weighted by molar-refractivity contribution is -0.267. The summed E-state index contributed by atoms with van der Waals surface area (Å²) < 4.78 is 5.50. The van der Waals surface area contributed by atoms with Crippen molar-refractivity contribution in [2.75, 3.05) is 21.3 Å². The molecule has 0 heterocycles. The minimum atomic E-state index is -0.434. The largest absolute Gasteiger partial charge is 0.361 e. The molecule has 0 aliphatic heterocycles. The monoisotopic (exact) mass is 209 g/mol. The number of rotatable bonds is 5. The third-order valence-electron chi connectivity index (χ3n) is 2.75. The normalized spacial score (nSPS) is 15.3. The lowest BCUT2D eigenvalue weighted by Crippen LogP contribution is -2.46. The first-order chi connectivity index (χ1) is 7.12. The van der Waals surface area contributed by atoms with Gasteiger partial charge in [0.05, 0.1) is 7.11 Å². The van der Waals surface area contributed by atoms with Gasteiger partial charge in [-0.25, -0.2) is 0 Å². The second kappa shape index (κ2) is 5.26. The van der Waals surface area contributed by atoms with Crippen molar-refractivity contribution in [3.8, 4) is 0 Å². The lowest BCUT2D eigenvalue weighted by Gasteiger charge is -2.35. The van der Waals surface area contributed by atoms with E-state index in [-0.39, 0.29) is 0 Å². The molecule has 0 bridgehead atoms. The summed E-state index contributed by atoms with van der Waals surface area (Å²) in [5, 5.41) is 1.72. The minimum absolute atomic E-state index is 0.434. The number of nitrogens with zero attached hydrogens (tertiary/aromatic N) is 1. The average molecular weight is 209 g/mol. The standard InChI is InChI=1S/C12H19NO2/c1-12(14-3,13(2)15-4)10-11-8-6-5-7-9-11/h5-9H,10H2,1-4H3. The SMILES string of the molecule is CON(C)C(C)(Cc1ccccc1)OC. The fourth-order valence-corrected chi connectivity index (χ4v) is 1.48. The molecule has 3 heteroatoms. The summed E-state index contributed by atoms with van der Waals surface area (Å²) in [5.41, 5.74) is 0.793. The van der Waals surface area contributed by atoms with Crippen LogP contribution in [0.3, 0.4) is 0 Å². The zero-order chi connectivity index (χ0) is 11.3. The molecule has 0 fully saturated rings. The number of ether oxygens (including phenoxy) is 1. The number of hydroxylamine groups is 2. The van der Waals surface area contributed by atoms with Gasteiger partial charge in [0.2, 0.25) is 0 Å². The van der Waals surface area contributed by atoms with Gasteiger partial charge in [0, 0.05) is 20.6 Å². The van der Waals surface area contributed by atoms with E-state index in [1.54, 1.807) is 19.3 Å². The summed E-state index contributed by atoms with van der Waals surface area (Å²) in [6, 6.07) is 10.2. The van der Waals surface area contributed by atoms with E-state index in [1.807, 2.05) is 32.2 Å². The number of hydrogen-bond acceptors (Lipinski definition) is 3.